The molecule has 26 heavy (non-hydrogen) atoms. The Morgan fingerprint density at radius 3 is 2.50 bits per heavy atom. The predicted molar refractivity (Wildman–Crippen MR) is 95.7 cm³/mol. The molecule has 1 N–H and O–H groups in total. The smallest absolute Gasteiger partial charge is 0.264 e. The van der Waals surface area contributed by atoms with E-state index >= 15 is 0 Å². The summed E-state index contributed by atoms with van der Waals surface area (Å²) in [6.45, 7) is 1.79. The number of H-pyrrole nitrogens is 1. The molecule has 3 rings (SSSR count). The molecule has 7 nitrogen and oxygen atoms in total. The van der Waals surface area contributed by atoms with Crippen LogP contribution in [0.4, 0.5) is 5.69 Å². The van der Waals surface area contributed by atoms with E-state index in [1.54, 1.807) is 31.2 Å². The molecule has 0 aliphatic carbocycles. The molecule has 3 aromatic rings. The number of sulfonamides is 1. The van der Waals surface area contributed by atoms with Crippen molar-refractivity contribution in [1.82, 2.24) is 4.98 Å². The summed E-state index contributed by atoms with van der Waals surface area (Å²) in [4.78, 5) is 25.9. The number of anilines is 1. The van der Waals surface area contributed by atoms with Crippen molar-refractivity contribution in [3.05, 3.63) is 70.0 Å². The van der Waals surface area contributed by atoms with Gasteiger partial charge in [0.05, 0.1) is 22.1 Å². The van der Waals surface area contributed by atoms with Gasteiger partial charge in [0.15, 0.2) is 5.43 Å². The lowest BCUT2D eigenvalue weighted by Gasteiger charge is -2.21. The van der Waals surface area contributed by atoms with Crippen LogP contribution in [0.25, 0.3) is 10.9 Å². The molecule has 0 bridgehead atoms. The van der Waals surface area contributed by atoms with Gasteiger partial charge >= 0.3 is 0 Å². The summed E-state index contributed by atoms with van der Waals surface area (Å²) in [5.74, 6) is -1.63. The van der Waals surface area contributed by atoms with Crippen LogP contribution in [0.15, 0.2) is 58.4 Å². The van der Waals surface area contributed by atoms with Gasteiger partial charge in [-0.25, -0.2) is 8.42 Å². The van der Waals surface area contributed by atoms with E-state index in [-0.39, 0.29) is 10.3 Å². The molecule has 0 saturated carbocycles. The van der Waals surface area contributed by atoms with Gasteiger partial charge in [-0.2, -0.15) is 0 Å². The Kier molecular flexibility index (Phi) is 4.29. The molecule has 0 atom stereocenters. The molecule has 0 saturated heterocycles. The molecule has 0 unspecified atom stereocenters. The van der Waals surface area contributed by atoms with Crippen LogP contribution in [-0.4, -0.2) is 26.4 Å². The number of nitrogens with zero attached hydrogens (tertiary/aromatic N) is 1. The van der Waals surface area contributed by atoms with Gasteiger partial charge in [0, 0.05) is 24.1 Å². The summed E-state index contributed by atoms with van der Waals surface area (Å²) in [5, 5.41) is 11.0. The summed E-state index contributed by atoms with van der Waals surface area (Å²) in [7, 11) is -2.52. The lowest BCUT2D eigenvalue weighted by atomic mass is 10.1. The Morgan fingerprint density at radius 1 is 1.15 bits per heavy atom. The maximum atomic E-state index is 12.9. The number of carbonyl (C=O) groups excluding carboxylic acids is 1. The van der Waals surface area contributed by atoms with E-state index in [9.17, 15) is 23.1 Å². The SMILES string of the molecule is Cc1ccccc1N(C)S(=O)(=O)c1ccc2[nH]cc(C(=O)[O-])c(=O)c2c1. The third kappa shape index (κ3) is 2.84. The number of carbonyl (C=O) groups is 1. The first-order valence-corrected chi connectivity index (χ1v) is 9.09. The molecule has 0 aliphatic heterocycles. The monoisotopic (exact) mass is 371 g/mol. The average Bonchev–Trinajstić information content (AvgIpc) is 2.61. The van der Waals surface area contributed by atoms with Crippen LogP contribution >= 0.6 is 0 Å². The lowest BCUT2D eigenvalue weighted by Crippen LogP contribution is -2.29. The second-order valence-electron chi connectivity index (χ2n) is 5.79. The molecule has 8 heteroatoms. The summed E-state index contributed by atoms with van der Waals surface area (Å²) < 4.78 is 27.0. The fraction of sp³-hybridized carbons (Fsp3) is 0.111. The Morgan fingerprint density at radius 2 is 1.85 bits per heavy atom. The number of aryl methyl sites for hydroxylation is 1. The van der Waals surface area contributed by atoms with Gasteiger partial charge in [-0.1, -0.05) is 18.2 Å². The van der Waals surface area contributed by atoms with E-state index in [0.717, 1.165) is 16.1 Å². The number of pyridine rings is 1. The Balaban J connectivity index is 2.18. The van der Waals surface area contributed by atoms with E-state index in [2.05, 4.69) is 4.98 Å². The van der Waals surface area contributed by atoms with Crippen molar-refractivity contribution >= 4 is 32.6 Å². The van der Waals surface area contributed by atoms with Crippen molar-refractivity contribution in [3.63, 3.8) is 0 Å². The molecule has 0 fully saturated rings. The normalized spacial score (nSPS) is 11.5. The first kappa shape index (κ1) is 17.7. The van der Waals surface area contributed by atoms with Crippen LogP contribution in [-0.2, 0) is 10.0 Å². The third-order valence-electron chi connectivity index (χ3n) is 4.19. The van der Waals surface area contributed by atoms with Crippen LogP contribution in [0.2, 0.25) is 0 Å². The Labute approximate surface area is 149 Å². The third-order valence-corrected chi connectivity index (χ3v) is 5.95. The number of aromatic amines is 1. The average molecular weight is 371 g/mol. The number of fused-ring (bicyclic) bond motifs is 1. The molecule has 2 aromatic carbocycles. The maximum Gasteiger partial charge on any atom is 0.264 e. The number of carboxylic acids is 1. The highest BCUT2D eigenvalue weighted by Crippen LogP contribution is 2.26. The van der Waals surface area contributed by atoms with Crippen LogP contribution in [0, 0.1) is 6.92 Å². The van der Waals surface area contributed by atoms with Crippen molar-refractivity contribution in [2.75, 3.05) is 11.4 Å². The second kappa shape index (κ2) is 6.30. The number of carboxylic acid groups (broad SMARTS) is 1. The zero-order valence-electron chi connectivity index (χ0n) is 14.0. The number of aromatic carboxylic acids is 1. The zero-order chi connectivity index (χ0) is 19.1. The van der Waals surface area contributed by atoms with Crippen molar-refractivity contribution in [2.45, 2.75) is 11.8 Å². The number of benzene rings is 2. The van der Waals surface area contributed by atoms with E-state index in [4.69, 9.17) is 0 Å². The van der Waals surface area contributed by atoms with Gasteiger partial charge in [0.1, 0.15) is 0 Å². The number of aromatic nitrogens is 1. The van der Waals surface area contributed by atoms with Gasteiger partial charge in [0.2, 0.25) is 0 Å². The van der Waals surface area contributed by atoms with Crippen molar-refractivity contribution in [1.29, 1.82) is 0 Å². The minimum absolute atomic E-state index is 0.0361. The second-order valence-corrected chi connectivity index (χ2v) is 7.75. The molecule has 1 aromatic heterocycles. The summed E-state index contributed by atoms with van der Waals surface area (Å²) in [6, 6.07) is 11.0. The van der Waals surface area contributed by atoms with Gasteiger partial charge in [-0.3, -0.25) is 9.10 Å². The highest BCUT2D eigenvalue weighted by molar-refractivity contribution is 7.92. The van der Waals surface area contributed by atoms with Gasteiger partial charge in [-0.05, 0) is 36.8 Å². The van der Waals surface area contributed by atoms with Crippen LogP contribution in [0.5, 0.6) is 0 Å². The molecule has 0 amide bonds. The molecular weight excluding hydrogens is 356 g/mol. The maximum absolute atomic E-state index is 12.9. The number of hydrogen-bond donors (Lipinski definition) is 1. The van der Waals surface area contributed by atoms with Crippen molar-refractivity contribution in [3.8, 4) is 0 Å². The van der Waals surface area contributed by atoms with E-state index < -0.39 is 27.0 Å². The van der Waals surface area contributed by atoms with Gasteiger partial charge in [-0.15, -0.1) is 0 Å². The van der Waals surface area contributed by atoms with Crippen LogP contribution in [0.1, 0.15) is 15.9 Å². The fourth-order valence-electron chi connectivity index (χ4n) is 2.71. The van der Waals surface area contributed by atoms with Crippen LogP contribution < -0.4 is 14.8 Å². The van der Waals surface area contributed by atoms with Gasteiger partial charge < -0.3 is 14.9 Å². The summed E-state index contributed by atoms with van der Waals surface area (Å²) in [6.07, 6.45) is 1.04. The van der Waals surface area contributed by atoms with E-state index in [1.165, 1.54) is 25.2 Å². The van der Waals surface area contributed by atoms with E-state index in [0.29, 0.717) is 11.2 Å². The van der Waals surface area contributed by atoms with Gasteiger partial charge in [0.25, 0.3) is 10.0 Å². The summed E-state index contributed by atoms with van der Waals surface area (Å²) >= 11 is 0. The molecule has 0 aliphatic rings. The molecular formula is C18H15N2O5S-. The number of hydrogen-bond acceptors (Lipinski definition) is 5. The Bertz CT molecular complexity index is 1180. The summed E-state index contributed by atoms with van der Waals surface area (Å²) in [5.41, 5.74) is 0.257. The number of rotatable bonds is 4. The predicted octanol–water partition coefficient (Wildman–Crippen LogP) is 1.03. The standard InChI is InChI=1S/C18H16N2O5S/c1-11-5-3-4-6-16(11)20(2)26(24,25)12-7-8-15-13(9-12)17(21)14(10-19-15)18(22)23/h3-10H,1-2H3,(H,19,21)(H,22,23)/p-1. The molecule has 0 spiro atoms. The van der Waals surface area contributed by atoms with Crippen molar-refractivity contribution in [2.24, 2.45) is 0 Å². The zero-order valence-corrected chi connectivity index (χ0v) is 14.8. The Hall–Kier alpha value is -3.13. The van der Waals surface area contributed by atoms with Crippen LogP contribution in [0.3, 0.4) is 0 Å². The first-order valence-electron chi connectivity index (χ1n) is 7.65. The highest BCUT2D eigenvalue weighted by Gasteiger charge is 2.23. The van der Waals surface area contributed by atoms with Crippen molar-refractivity contribution < 1.29 is 18.3 Å². The topological polar surface area (TPSA) is 110 Å². The lowest BCUT2D eigenvalue weighted by molar-refractivity contribution is -0.255. The van der Waals surface area contributed by atoms with E-state index in [1.807, 2.05) is 0 Å². The minimum Gasteiger partial charge on any atom is -0.545 e. The highest BCUT2D eigenvalue weighted by atomic mass is 32.2. The largest absolute Gasteiger partial charge is 0.545 e. The minimum atomic E-state index is -3.94. The quantitative estimate of drug-likeness (QED) is 0.736. The molecule has 0 radical (unpaired) electrons. The fourth-order valence-corrected chi connectivity index (χ4v) is 4.00. The number of para-hydroxylation sites is 1. The molecule has 134 valence electrons. The first-order chi connectivity index (χ1) is 12.2. The molecule has 1 heterocycles. The number of nitrogens with one attached hydrogen (secondary N) is 1.